The summed E-state index contributed by atoms with van der Waals surface area (Å²) in [5.41, 5.74) is 1.30. The molecule has 0 aliphatic rings. The van der Waals surface area contributed by atoms with Crippen molar-refractivity contribution in [2.75, 3.05) is 19.4 Å². The minimum atomic E-state index is -0.628. The molecule has 0 saturated carbocycles. The lowest BCUT2D eigenvalue weighted by Gasteiger charge is -2.15. The zero-order valence-electron chi connectivity index (χ0n) is 13.3. The van der Waals surface area contributed by atoms with Gasteiger partial charge in [0.05, 0.1) is 0 Å². The van der Waals surface area contributed by atoms with Crippen LogP contribution in [0.15, 0.2) is 48.5 Å². The van der Waals surface area contributed by atoms with Crippen LogP contribution < -0.4 is 5.32 Å². The number of thioether (sulfide) groups is 1. The van der Waals surface area contributed by atoms with Gasteiger partial charge in [0.2, 0.25) is 0 Å². The normalized spacial score (nSPS) is 12.0. The van der Waals surface area contributed by atoms with Crippen molar-refractivity contribution in [3.05, 3.63) is 70.5 Å². The largest absolute Gasteiger partial charge is 0.367 e. The van der Waals surface area contributed by atoms with Gasteiger partial charge >= 0.3 is 0 Å². The van der Waals surface area contributed by atoms with E-state index in [0.29, 0.717) is 28.6 Å². The van der Waals surface area contributed by atoms with Gasteiger partial charge in [0.15, 0.2) is 6.10 Å². The van der Waals surface area contributed by atoms with Crippen molar-refractivity contribution in [1.82, 2.24) is 5.32 Å². The summed E-state index contributed by atoms with van der Waals surface area (Å²) in [5.74, 6) is 0.630. The number of hydrogen-bond acceptors (Lipinski definition) is 3. The van der Waals surface area contributed by atoms with E-state index in [1.807, 2.05) is 30.3 Å². The van der Waals surface area contributed by atoms with E-state index in [2.05, 4.69) is 5.32 Å². The Kier molecular flexibility index (Phi) is 7.56. The van der Waals surface area contributed by atoms with E-state index >= 15 is 0 Å². The van der Waals surface area contributed by atoms with E-state index in [0.717, 1.165) is 5.56 Å². The molecule has 128 valence electrons. The molecule has 0 saturated heterocycles. The molecule has 0 radical (unpaired) electrons. The van der Waals surface area contributed by atoms with Crippen LogP contribution in [0.2, 0.25) is 5.02 Å². The Balaban J connectivity index is 1.76. The Hall–Kier alpha value is -1.56. The molecule has 1 N–H and O–H groups in total. The van der Waals surface area contributed by atoms with Gasteiger partial charge in [0, 0.05) is 35.7 Å². The highest BCUT2D eigenvalue weighted by molar-refractivity contribution is 7.98. The maximum Gasteiger partial charge on any atom is 0.253 e. The molecule has 2 aromatic rings. The first-order valence-corrected chi connectivity index (χ1v) is 9.03. The molecule has 6 heteroatoms. The lowest BCUT2D eigenvalue weighted by Crippen LogP contribution is -2.32. The molecule has 1 atom stereocenters. The van der Waals surface area contributed by atoms with E-state index in [-0.39, 0.29) is 11.7 Å². The van der Waals surface area contributed by atoms with Gasteiger partial charge < -0.3 is 10.1 Å². The highest BCUT2D eigenvalue weighted by atomic mass is 35.5. The first-order chi connectivity index (χ1) is 11.6. The number of ether oxygens (including phenoxy) is 1. The second-order valence-electron chi connectivity index (χ2n) is 5.07. The monoisotopic (exact) mass is 367 g/mol. The van der Waals surface area contributed by atoms with Crippen molar-refractivity contribution in [3.8, 4) is 0 Å². The molecule has 0 aliphatic heterocycles. The van der Waals surface area contributed by atoms with Crippen LogP contribution in [0.3, 0.4) is 0 Å². The summed E-state index contributed by atoms with van der Waals surface area (Å²) in [4.78, 5) is 12.2. The van der Waals surface area contributed by atoms with E-state index in [4.69, 9.17) is 16.3 Å². The van der Waals surface area contributed by atoms with Crippen LogP contribution in [-0.4, -0.2) is 25.3 Å². The van der Waals surface area contributed by atoms with Gasteiger partial charge in [-0.1, -0.05) is 48.0 Å². The Bertz CT molecular complexity index is 649. The predicted molar refractivity (Wildman–Crippen MR) is 96.8 cm³/mol. The molecule has 0 fully saturated rings. The summed E-state index contributed by atoms with van der Waals surface area (Å²) in [6.45, 7) is 0.474. The Labute approximate surface area is 150 Å². The third kappa shape index (κ3) is 5.23. The lowest BCUT2D eigenvalue weighted by molar-refractivity contribution is -0.131. The van der Waals surface area contributed by atoms with Crippen molar-refractivity contribution in [3.63, 3.8) is 0 Å². The second kappa shape index (κ2) is 9.67. The van der Waals surface area contributed by atoms with E-state index in [1.165, 1.54) is 24.9 Å². The fourth-order valence-corrected chi connectivity index (χ4v) is 3.40. The first kappa shape index (κ1) is 18.8. The number of hydrogen-bond donors (Lipinski definition) is 1. The number of halogens is 2. The van der Waals surface area contributed by atoms with Crippen molar-refractivity contribution in [2.45, 2.75) is 11.9 Å². The van der Waals surface area contributed by atoms with Crippen molar-refractivity contribution in [1.29, 1.82) is 0 Å². The highest BCUT2D eigenvalue weighted by Crippen LogP contribution is 2.23. The summed E-state index contributed by atoms with van der Waals surface area (Å²) in [6.07, 6.45) is -0.628. The number of benzene rings is 2. The first-order valence-electron chi connectivity index (χ1n) is 7.49. The topological polar surface area (TPSA) is 38.3 Å². The van der Waals surface area contributed by atoms with Gasteiger partial charge in [0.1, 0.15) is 5.82 Å². The highest BCUT2D eigenvalue weighted by Gasteiger charge is 2.19. The van der Waals surface area contributed by atoms with Gasteiger partial charge in [-0.25, -0.2) is 4.39 Å². The number of nitrogens with one attached hydrogen (secondary N) is 1. The molecule has 0 aliphatic carbocycles. The standard InChI is InChI=1S/C18H19ClFNO2S/c1-23-17(13-6-3-2-4-7-13)18(22)21-10-11-24-12-14-15(19)8-5-9-16(14)20/h2-9,17H,10-12H2,1H3,(H,21,22). The fraction of sp³-hybridized carbons (Fsp3) is 0.278. The molecule has 24 heavy (non-hydrogen) atoms. The van der Waals surface area contributed by atoms with Gasteiger partial charge in [0.25, 0.3) is 5.91 Å². The molecule has 2 rings (SSSR count). The maximum absolute atomic E-state index is 13.6. The molecule has 0 bridgehead atoms. The molecule has 1 amide bonds. The van der Waals surface area contributed by atoms with Crippen LogP contribution in [-0.2, 0) is 15.3 Å². The maximum atomic E-state index is 13.6. The third-order valence-corrected chi connectivity index (χ3v) is 4.77. The summed E-state index contributed by atoms with van der Waals surface area (Å²) in [5, 5.41) is 3.26. The van der Waals surface area contributed by atoms with E-state index in [9.17, 15) is 9.18 Å². The SMILES string of the molecule is COC(C(=O)NCCSCc1c(F)cccc1Cl)c1ccccc1. The second-order valence-corrected chi connectivity index (χ2v) is 6.58. The zero-order valence-corrected chi connectivity index (χ0v) is 14.9. The van der Waals surface area contributed by atoms with E-state index < -0.39 is 6.10 Å². The van der Waals surface area contributed by atoms with Crippen molar-refractivity contribution < 1.29 is 13.9 Å². The smallest absolute Gasteiger partial charge is 0.253 e. The predicted octanol–water partition coefficient (Wildman–Crippen LogP) is 4.22. The third-order valence-electron chi connectivity index (χ3n) is 3.43. The Morgan fingerprint density at radius 3 is 2.67 bits per heavy atom. The molecular formula is C18H19ClFNO2S. The molecule has 2 aromatic carbocycles. The summed E-state index contributed by atoms with van der Waals surface area (Å²) < 4.78 is 18.9. The van der Waals surface area contributed by atoms with E-state index in [1.54, 1.807) is 12.1 Å². The molecule has 1 unspecified atom stereocenters. The number of amides is 1. The molecule has 0 heterocycles. The number of carbonyl (C=O) groups excluding carboxylic acids is 1. The minimum absolute atomic E-state index is 0.187. The van der Waals surface area contributed by atoms with Crippen LogP contribution in [0.25, 0.3) is 0 Å². The molecule has 3 nitrogen and oxygen atoms in total. The lowest BCUT2D eigenvalue weighted by atomic mass is 10.1. The Morgan fingerprint density at radius 2 is 2.00 bits per heavy atom. The summed E-state index contributed by atoms with van der Waals surface area (Å²) in [6, 6.07) is 14.0. The Morgan fingerprint density at radius 1 is 1.25 bits per heavy atom. The van der Waals surface area contributed by atoms with Crippen LogP contribution >= 0.6 is 23.4 Å². The molecule has 0 aromatic heterocycles. The van der Waals surface area contributed by atoms with Gasteiger partial charge in [-0.05, 0) is 17.7 Å². The van der Waals surface area contributed by atoms with Crippen LogP contribution in [0.1, 0.15) is 17.2 Å². The average molecular weight is 368 g/mol. The zero-order chi connectivity index (χ0) is 17.4. The van der Waals surface area contributed by atoms with Crippen LogP contribution in [0.4, 0.5) is 4.39 Å². The van der Waals surface area contributed by atoms with Gasteiger partial charge in [-0.15, -0.1) is 0 Å². The quantitative estimate of drug-likeness (QED) is 0.710. The molecular weight excluding hydrogens is 349 g/mol. The van der Waals surface area contributed by atoms with Crippen LogP contribution in [0, 0.1) is 5.82 Å². The average Bonchev–Trinajstić information content (AvgIpc) is 2.58. The van der Waals surface area contributed by atoms with Crippen LogP contribution in [0.5, 0.6) is 0 Å². The number of rotatable bonds is 8. The van der Waals surface area contributed by atoms with Crippen molar-refractivity contribution in [2.24, 2.45) is 0 Å². The molecule has 0 spiro atoms. The summed E-state index contributed by atoms with van der Waals surface area (Å²) in [7, 11) is 1.51. The fourth-order valence-electron chi connectivity index (χ4n) is 2.21. The number of methoxy groups -OCH3 is 1. The van der Waals surface area contributed by atoms with Gasteiger partial charge in [-0.3, -0.25) is 4.79 Å². The minimum Gasteiger partial charge on any atom is -0.367 e. The number of carbonyl (C=O) groups is 1. The van der Waals surface area contributed by atoms with Crippen molar-refractivity contribution >= 4 is 29.3 Å². The van der Waals surface area contributed by atoms with Gasteiger partial charge in [-0.2, -0.15) is 11.8 Å². The summed E-state index contributed by atoms with van der Waals surface area (Å²) >= 11 is 7.49.